The van der Waals surface area contributed by atoms with Crippen LogP contribution in [0.5, 0.6) is 0 Å². The van der Waals surface area contributed by atoms with Gasteiger partial charge in [0.25, 0.3) is 5.91 Å². The maximum Gasteiger partial charge on any atom is 0.270 e. The highest BCUT2D eigenvalue weighted by Crippen LogP contribution is 2.27. The van der Waals surface area contributed by atoms with Gasteiger partial charge in [0.2, 0.25) is 0 Å². The Bertz CT molecular complexity index is 676. The molecular formula is C14H12Cl2N4O. The Labute approximate surface area is 132 Å². The fraction of sp³-hybridized carbons (Fsp3) is 0.0714. The third kappa shape index (κ3) is 4.18. The van der Waals surface area contributed by atoms with Crippen LogP contribution in [-0.4, -0.2) is 22.4 Å². The quantitative estimate of drug-likeness (QED) is 0.827. The lowest BCUT2D eigenvalue weighted by Gasteiger charge is -2.09. The zero-order valence-electron chi connectivity index (χ0n) is 10.9. The number of amides is 1. The van der Waals surface area contributed by atoms with Crippen LogP contribution in [-0.2, 0) is 0 Å². The van der Waals surface area contributed by atoms with Crippen molar-refractivity contribution in [1.29, 1.82) is 0 Å². The third-order valence-corrected chi connectivity index (χ3v) is 3.06. The maximum absolute atomic E-state index is 11.8. The van der Waals surface area contributed by atoms with Gasteiger partial charge >= 0.3 is 0 Å². The number of halogens is 2. The van der Waals surface area contributed by atoms with Crippen LogP contribution in [0.3, 0.4) is 0 Å². The molecule has 0 aliphatic rings. The number of carbonyl (C=O) groups is 1. The molecule has 7 heteroatoms. The standard InChI is InChI=1S/C14H12Cl2N4O/c1-2-5-17-14(21)12-7-13(19-8-18-12)20-11-6-9(15)3-4-10(11)16/h2-4,6-8H,1,5H2,(H,17,21)(H,18,19,20). The van der Waals surface area contributed by atoms with Gasteiger partial charge in [0.05, 0.1) is 10.7 Å². The molecule has 0 saturated carbocycles. The number of aromatic nitrogens is 2. The van der Waals surface area contributed by atoms with E-state index in [0.717, 1.165) is 0 Å². The lowest BCUT2D eigenvalue weighted by atomic mass is 10.3. The van der Waals surface area contributed by atoms with Gasteiger partial charge in [-0.05, 0) is 18.2 Å². The highest BCUT2D eigenvalue weighted by molar-refractivity contribution is 6.35. The Morgan fingerprint density at radius 3 is 2.86 bits per heavy atom. The Morgan fingerprint density at radius 2 is 2.10 bits per heavy atom. The minimum atomic E-state index is -0.308. The van der Waals surface area contributed by atoms with E-state index < -0.39 is 0 Å². The first kappa shape index (κ1) is 15.3. The van der Waals surface area contributed by atoms with Crippen LogP contribution in [0.2, 0.25) is 10.0 Å². The predicted octanol–water partition coefficient (Wildman–Crippen LogP) is 3.44. The van der Waals surface area contributed by atoms with Gasteiger partial charge in [0.1, 0.15) is 17.8 Å². The van der Waals surface area contributed by atoms with Gasteiger partial charge in [-0.25, -0.2) is 9.97 Å². The molecule has 2 aromatic rings. The molecule has 0 radical (unpaired) electrons. The van der Waals surface area contributed by atoms with Gasteiger partial charge < -0.3 is 10.6 Å². The molecule has 2 N–H and O–H groups in total. The second-order valence-corrected chi connectivity index (χ2v) is 4.88. The van der Waals surface area contributed by atoms with Crippen molar-refractivity contribution in [3.8, 4) is 0 Å². The van der Waals surface area contributed by atoms with Gasteiger partial charge in [-0.3, -0.25) is 4.79 Å². The molecule has 1 aromatic carbocycles. The molecule has 5 nitrogen and oxygen atoms in total. The summed E-state index contributed by atoms with van der Waals surface area (Å²) in [6, 6.07) is 6.55. The summed E-state index contributed by atoms with van der Waals surface area (Å²) in [5, 5.41) is 6.67. The summed E-state index contributed by atoms with van der Waals surface area (Å²) in [5.74, 6) is 0.135. The van der Waals surface area contributed by atoms with Crippen LogP contribution >= 0.6 is 23.2 Å². The third-order valence-electron chi connectivity index (χ3n) is 2.50. The Balaban J connectivity index is 2.19. The zero-order valence-corrected chi connectivity index (χ0v) is 12.4. The van der Waals surface area contributed by atoms with Crippen LogP contribution in [0.15, 0.2) is 43.2 Å². The van der Waals surface area contributed by atoms with Crippen molar-refractivity contribution in [2.24, 2.45) is 0 Å². The van der Waals surface area contributed by atoms with E-state index in [1.54, 1.807) is 24.3 Å². The monoisotopic (exact) mass is 322 g/mol. The van der Waals surface area contributed by atoms with Crippen LogP contribution in [0, 0.1) is 0 Å². The highest BCUT2D eigenvalue weighted by Gasteiger charge is 2.09. The first-order valence-corrected chi connectivity index (χ1v) is 6.79. The summed E-state index contributed by atoms with van der Waals surface area (Å²) in [7, 11) is 0. The normalized spacial score (nSPS) is 10.0. The molecule has 1 aromatic heterocycles. The Hall–Kier alpha value is -2.11. The van der Waals surface area contributed by atoms with E-state index >= 15 is 0 Å². The minimum absolute atomic E-state index is 0.243. The number of hydrogen-bond donors (Lipinski definition) is 2. The first-order valence-electron chi connectivity index (χ1n) is 6.03. The van der Waals surface area contributed by atoms with E-state index in [4.69, 9.17) is 23.2 Å². The number of carbonyl (C=O) groups excluding carboxylic acids is 1. The summed E-state index contributed by atoms with van der Waals surface area (Å²) in [4.78, 5) is 19.8. The fourth-order valence-corrected chi connectivity index (χ4v) is 1.87. The average molecular weight is 323 g/mol. The summed E-state index contributed by atoms with van der Waals surface area (Å²) in [6.07, 6.45) is 2.88. The molecule has 1 amide bonds. The van der Waals surface area contributed by atoms with Crippen LogP contribution < -0.4 is 10.6 Å². The van der Waals surface area contributed by atoms with Crippen molar-refractivity contribution in [2.45, 2.75) is 0 Å². The highest BCUT2D eigenvalue weighted by atomic mass is 35.5. The SMILES string of the molecule is C=CCNC(=O)c1cc(Nc2cc(Cl)ccc2Cl)ncn1. The van der Waals surface area contributed by atoms with Crippen LogP contribution in [0.1, 0.15) is 10.5 Å². The molecule has 1 heterocycles. The smallest absolute Gasteiger partial charge is 0.270 e. The average Bonchev–Trinajstić information content (AvgIpc) is 2.49. The van der Waals surface area contributed by atoms with Crippen molar-refractivity contribution in [3.63, 3.8) is 0 Å². The number of benzene rings is 1. The van der Waals surface area contributed by atoms with E-state index in [1.165, 1.54) is 12.4 Å². The van der Waals surface area contributed by atoms with Crippen molar-refractivity contribution >= 4 is 40.6 Å². The number of anilines is 2. The molecule has 21 heavy (non-hydrogen) atoms. The number of hydrogen-bond acceptors (Lipinski definition) is 4. The van der Waals surface area contributed by atoms with Gasteiger partial charge in [-0.15, -0.1) is 6.58 Å². The van der Waals surface area contributed by atoms with Crippen molar-refractivity contribution in [1.82, 2.24) is 15.3 Å². The van der Waals surface area contributed by atoms with E-state index in [-0.39, 0.29) is 11.6 Å². The molecule has 108 valence electrons. The molecule has 0 bridgehead atoms. The molecule has 0 saturated heterocycles. The summed E-state index contributed by atoms with van der Waals surface area (Å²) < 4.78 is 0. The second-order valence-electron chi connectivity index (χ2n) is 4.04. The van der Waals surface area contributed by atoms with Gasteiger partial charge in [-0.1, -0.05) is 29.3 Å². The van der Waals surface area contributed by atoms with E-state index in [1.807, 2.05) is 0 Å². The molecule has 0 atom stereocenters. The van der Waals surface area contributed by atoms with Crippen molar-refractivity contribution in [3.05, 3.63) is 59.0 Å². The van der Waals surface area contributed by atoms with E-state index in [9.17, 15) is 4.79 Å². The van der Waals surface area contributed by atoms with Gasteiger partial charge in [0.15, 0.2) is 0 Å². The lowest BCUT2D eigenvalue weighted by molar-refractivity contribution is 0.0953. The molecule has 0 spiro atoms. The van der Waals surface area contributed by atoms with Gasteiger partial charge in [-0.2, -0.15) is 0 Å². The van der Waals surface area contributed by atoms with Gasteiger partial charge in [0, 0.05) is 17.6 Å². The summed E-state index contributed by atoms with van der Waals surface area (Å²) >= 11 is 12.0. The topological polar surface area (TPSA) is 66.9 Å². The number of rotatable bonds is 5. The minimum Gasteiger partial charge on any atom is -0.347 e. The first-order chi connectivity index (χ1) is 10.1. The van der Waals surface area contributed by atoms with E-state index in [0.29, 0.717) is 28.1 Å². The maximum atomic E-state index is 11.8. The molecule has 0 unspecified atom stereocenters. The summed E-state index contributed by atoms with van der Waals surface area (Å²) in [5.41, 5.74) is 0.841. The summed E-state index contributed by atoms with van der Waals surface area (Å²) in [6.45, 7) is 3.90. The predicted molar refractivity (Wildman–Crippen MR) is 84.3 cm³/mol. The van der Waals surface area contributed by atoms with Crippen LogP contribution in [0.4, 0.5) is 11.5 Å². The van der Waals surface area contributed by atoms with Crippen molar-refractivity contribution in [2.75, 3.05) is 11.9 Å². The lowest BCUT2D eigenvalue weighted by Crippen LogP contribution is -2.24. The largest absolute Gasteiger partial charge is 0.347 e. The molecule has 0 aliphatic heterocycles. The molecule has 2 rings (SSSR count). The van der Waals surface area contributed by atoms with Crippen LogP contribution in [0.25, 0.3) is 0 Å². The van der Waals surface area contributed by atoms with E-state index in [2.05, 4.69) is 27.2 Å². The second kappa shape index (κ2) is 7.06. The number of nitrogens with zero attached hydrogens (tertiary/aromatic N) is 2. The van der Waals surface area contributed by atoms with Crippen molar-refractivity contribution < 1.29 is 4.79 Å². The molecule has 0 fully saturated rings. The Kier molecular flexibility index (Phi) is 5.14. The molecule has 0 aliphatic carbocycles. The number of nitrogens with one attached hydrogen (secondary N) is 2. The zero-order chi connectivity index (χ0) is 15.2. The molecular weight excluding hydrogens is 311 g/mol. The fourth-order valence-electron chi connectivity index (χ4n) is 1.54. The Morgan fingerprint density at radius 1 is 1.29 bits per heavy atom.